The molecule has 20 heavy (non-hydrogen) atoms. The molecule has 1 aliphatic carbocycles. The number of nitrogens with zero attached hydrogens (tertiary/aromatic N) is 1. The minimum atomic E-state index is 0.167. The number of nitrogens with two attached hydrogens (primary N) is 1. The third-order valence-corrected chi connectivity index (χ3v) is 4.07. The molecule has 1 saturated carbocycles. The molecule has 0 bridgehead atoms. The number of hydrogen-bond acceptors (Lipinski definition) is 3. The molecule has 0 heterocycles. The second-order valence-corrected chi connectivity index (χ2v) is 6.73. The third kappa shape index (κ3) is 5.53. The van der Waals surface area contributed by atoms with Gasteiger partial charge in [0.1, 0.15) is 17.7 Å². The number of hydrogen-bond donors (Lipinski definition) is 2. The van der Waals surface area contributed by atoms with E-state index in [0.29, 0.717) is 17.7 Å². The summed E-state index contributed by atoms with van der Waals surface area (Å²) < 4.78 is 0. The van der Waals surface area contributed by atoms with Crippen molar-refractivity contribution in [3.8, 4) is 0 Å². The average molecular weight is 280 g/mol. The fourth-order valence-electron chi connectivity index (χ4n) is 2.88. The summed E-state index contributed by atoms with van der Waals surface area (Å²) in [6.07, 6.45) is 7.09. The molecule has 0 amide bonds. The van der Waals surface area contributed by atoms with Crippen LogP contribution in [0.2, 0.25) is 0 Å². The monoisotopic (exact) mass is 280 g/mol. The zero-order valence-electron chi connectivity index (χ0n) is 13.4. The summed E-state index contributed by atoms with van der Waals surface area (Å²) in [7, 11) is 0. The molecule has 0 atom stereocenters. The van der Waals surface area contributed by atoms with Gasteiger partial charge in [-0.1, -0.05) is 27.7 Å². The van der Waals surface area contributed by atoms with Crippen LogP contribution in [0.3, 0.4) is 0 Å². The van der Waals surface area contributed by atoms with Gasteiger partial charge in [-0.15, -0.1) is 0 Å². The summed E-state index contributed by atoms with van der Waals surface area (Å²) in [5.41, 5.74) is 8.06. The van der Waals surface area contributed by atoms with Gasteiger partial charge in [-0.25, -0.2) is 5.53 Å². The highest BCUT2D eigenvalue weighted by atomic mass is 16.1. The second-order valence-electron chi connectivity index (χ2n) is 6.73. The van der Waals surface area contributed by atoms with Gasteiger partial charge < -0.3 is 5.32 Å². The van der Waals surface area contributed by atoms with E-state index in [0.717, 1.165) is 37.8 Å². The Hall–Kier alpha value is -1.03. The molecule has 0 spiro atoms. The van der Waals surface area contributed by atoms with Crippen molar-refractivity contribution >= 4 is 5.78 Å². The van der Waals surface area contributed by atoms with E-state index in [4.69, 9.17) is 5.53 Å². The highest BCUT2D eigenvalue weighted by Crippen LogP contribution is 2.25. The summed E-state index contributed by atoms with van der Waals surface area (Å²) in [6.45, 7) is 8.28. The number of ketones is 1. The fourth-order valence-corrected chi connectivity index (χ4v) is 2.88. The average Bonchev–Trinajstić information content (AvgIpc) is 2.42. The van der Waals surface area contributed by atoms with Crippen molar-refractivity contribution in [2.24, 2.45) is 22.9 Å². The van der Waals surface area contributed by atoms with Gasteiger partial charge in [0, 0.05) is 24.7 Å². The highest BCUT2D eigenvalue weighted by Gasteiger charge is 2.28. The van der Waals surface area contributed by atoms with E-state index in [1.807, 2.05) is 20.0 Å². The molecule has 0 saturated heterocycles. The Morgan fingerprint density at radius 2 is 1.85 bits per heavy atom. The lowest BCUT2D eigenvalue weighted by molar-refractivity contribution is -0.630. The number of Topliss-reactive ketones (excluding diaryl/α,β-unsaturated/α-hetero) is 1. The Kier molecular flexibility index (Phi) is 7.06. The Labute approximate surface area is 122 Å². The topological polar surface area (TPSA) is 69.9 Å². The first-order valence-corrected chi connectivity index (χ1v) is 7.89. The van der Waals surface area contributed by atoms with Crippen LogP contribution in [0.5, 0.6) is 0 Å². The number of quaternary nitrogens is 1. The van der Waals surface area contributed by atoms with E-state index >= 15 is 0 Å². The van der Waals surface area contributed by atoms with Gasteiger partial charge in [0.05, 0.1) is 6.04 Å². The number of carbonyl (C=O) groups excluding carboxylic acids is 1. The number of allylic oxidation sites excluding steroid dienone is 1. The van der Waals surface area contributed by atoms with Crippen LogP contribution in [0.15, 0.2) is 17.0 Å². The molecule has 4 heteroatoms. The maximum absolute atomic E-state index is 12.0. The van der Waals surface area contributed by atoms with Crippen LogP contribution in [-0.4, -0.2) is 11.8 Å². The molecule has 0 aromatic carbocycles. The highest BCUT2D eigenvalue weighted by molar-refractivity contribution is 5.82. The predicted molar refractivity (Wildman–Crippen MR) is 80.2 cm³/mol. The molecule has 0 radical (unpaired) electrons. The van der Waals surface area contributed by atoms with Crippen LogP contribution >= 0.6 is 0 Å². The summed E-state index contributed by atoms with van der Waals surface area (Å²) in [6, 6.07) is 0.551. The summed E-state index contributed by atoms with van der Waals surface area (Å²) in [5.74, 6) is 1.41. The lowest BCUT2D eigenvalue weighted by atomic mass is 9.80. The van der Waals surface area contributed by atoms with Crippen LogP contribution < -0.4 is 5.32 Å². The summed E-state index contributed by atoms with van der Waals surface area (Å²) >= 11 is 0. The van der Waals surface area contributed by atoms with Crippen molar-refractivity contribution in [1.82, 2.24) is 0 Å². The van der Waals surface area contributed by atoms with Crippen molar-refractivity contribution in [2.75, 3.05) is 0 Å². The first-order chi connectivity index (χ1) is 9.43. The Morgan fingerprint density at radius 3 is 2.30 bits per heavy atom. The van der Waals surface area contributed by atoms with Crippen LogP contribution in [0.1, 0.15) is 59.8 Å². The smallest absolute Gasteiger partial charge is 0.138 e. The van der Waals surface area contributed by atoms with Crippen LogP contribution in [-0.2, 0) is 4.79 Å². The van der Waals surface area contributed by atoms with Gasteiger partial charge in [0.15, 0.2) is 0 Å². The van der Waals surface area contributed by atoms with Crippen molar-refractivity contribution in [3.05, 3.63) is 11.9 Å². The summed E-state index contributed by atoms with van der Waals surface area (Å²) in [5, 5.41) is 5.80. The van der Waals surface area contributed by atoms with E-state index in [1.165, 1.54) is 0 Å². The number of nitrogens with one attached hydrogen (secondary N) is 1. The molecular formula is C16H30N3O+. The Morgan fingerprint density at radius 1 is 1.25 bits per heavy atom. The molecule has 0 unspecified atom stereocenters. The quantitative estimate of drug-likeness (QED) is 0.690. The first-order valence-electron chi connectivity index (χ1n) is 7.89. The predicted octanol–water partition coefficient (Wildman–Crippen LogP) is 3.25. The normalized spacial score (nSPS) is 24.2. The first kappa shape index (κ1) is 17.0. The van der Waals surface area contributed by atoms with Crippen LogP contribution in [0, 0.1) is 23.3 Å². The zero-order valence-corrected chi connectivity index (χ0v) is 13.4. The zero-order chi connectivity index (χ0) is 15.1. The van der Waals surface area contributed by atoms with Gasteiger partial charge >= 0.3 is 0 Å². The van der Waals surface area contributed by atoms with Crippen molar-refractivity contribution in [3.63, 3.8) is 0 Å². The van der Waals surface area contributed by atoms with Crippen molar-refractivity contribution in [2.45, 2.75) is 65.8 Å². The molecule has 1 aliphatic rings. The second kappa shape index (κ2) is 8.30. The van der Waals surface area contributed by atoms with Crippen LogP contribution in [0.25, 0.3) is 0 Å². The maximum atomic E-state index is 12.0. The van der Waals surface area contributed by atoms with E-state index < -0.39 is 0 Å². The lowest BCUT2D eigenvalue weighted by Gasteiger charge is -2.26. The molecule has 0 aromatic heterocycles. The third-order valence-electron chi connectivity index (χ3n) is 4.07. The molecule has 4 nitrogen and oxygen atoms in total. The maximum Gasteiger partial charge on any atom is 0.138 e. The Bertz CT molecular complexity index is 353. The van der Waals surface area contributed by atoms with E-state index in [-0.39, 0.29) is 11.8 Å². The summed E-state index contributed by atoms with van der Waals surface area (Å²) in [4.78, 5) is 12.0. The van der Waals surface area contributed by atoms with E-state index in [1.54, 1.807) is 0 Å². The lowest BCUT2D eigenvalue weighted by Crippen LogP contribution is -2.85. The molecular weight excluding hydrogens is 250 g/mol. The largest absolute Gasteiger partial charge is 0.316 e. The van der Waals surface area contributed by atoms with Gasteiger partial charge in [0.25, 0.3) is 0 Å². The van der Waals surface area contributed by atoms with Gasteiger partial charge in [-0.3, -0.25) is 4.79 Å². The van der Waals surface area contributed by atoms with Crippen molar-refractivity contribution in [1.29, 1.82) is 5.53 Å². The molecule has 114 valence electrons. The van der Waals surface area contributed by atoms with E-state index in [9.17, 15) is 4.79 Å². The molecule has 1 fully saturated rings. The molecule has 1 rings (SSSR count). The van der Waals surface area contributed by atoms with Gasteiger partial charge in [0.2, 0.25) is 0 Å². The fraction of sp³-hybridized carbons (Fsp3) is 0.812. The molecule has 3 N–H and O–H groups in total. The molecule has 0 aromatic rings. The van der Waals surface area contributed by atoms with Crippen molar-refractivity contribution < 1.29 is 10.1 Å². The number of carbonyl (C=O) groups is 1. The Balaban J connectivity index is 2.40. The minimum Gasteiger partial charge on any atom is -0.316 e. The minimum absolute atomic E-state index is 0.167. The van der Waals surface area contributed by atoms with E-state index in [2.05, 4.69) is 24.3 Å². The number of rotatable bonds is 7. The van der Waals surface area contributed by atoms with Gasteiger partial charge in [-0.2, -0.15) is 5.11 Å². The SMILES string of the molecule is CC(C)C/C(=C/[NH2+]C1CCC(C(=O)C(C)C)CC1)N=N. The standard InChI is InChI=1S/C16H29N3O/c1-11(2)9-15(19-17)10-18-14-7-5-13(6-8-14)16(20)12(3)4/h10-14,17-18H,5-9H2,1-4H3/p+1/b15-10-,19-17?. The van der Waals surface area contributed by atoms with Crippen LogP contribution in [0.4, 0.5) is 0 Å². The molecule has 0 aliphatic heterocycles. The van der Waals surface area contributed by atoms with Gasteiger partial charge in [-0.05, 0) is 25.2 Å².